The quantitative estimate of drug-likeness (QED) is 0.193. The fourth-order valence-electron chi connectivity index (χ4n) is 3.42. The number of hydrogen-bond acceptors (Lipinski definition) is 11. The summed E-state index contributed by atoms with van der Waals surface area (Å²) in [7, 11) is -5.19. The molecule has 216 valence electrons. The number of methoxy groups -OCH3 is 2. The van der Waals surface area contributed by atoms with Crippen LogP contribution >= 0.6 is 22.7 Å². The van der Waals surface area contributed by atoms with Crippen LogP contribution in [0, 0.1) is 0 Å². The molecule has 2 heterocycles. The van der Waals surface area contributed by atoms with E-state index in [9.17, 15) is 26.4 Å². The Balaban J connectivity index is 1.56. The number of benzene rings is 2. The smallest absolute Gasteiger partial charge is 0.338 e. The average molecular weight is 638 g/mol. The summed E-state index contributed by atoms with van der Waals surface area (Å²) >= 11 is 1.95. The third-order valence-electron chi connectivity index (χ3n) is 5.21. The third-order valence-corrected chi connectivity index (χ3v) is 10.8. The highest BCUT2D eigenvalue weighted by Gasteiger charge is 2.21. The second kappa shape index (κ2) is 12.6. The molecule has 0 bridgehead atoms. The van der Waals surface area contributed by atoms with Crippen LogP contribution in [-0.2, 0) is 29.6 Å². The highest BCUT2D eigenvalue weighted by molar-refractivity contribution is 7.95. The van der Waals surface area contributed by atoms with Crippen LogP contribution in [0.25, 0.3) is 0 Å². The molecule has 16 heteroatoms. The van der Waals surface area contributed by atoms with Crippen molar-refractivity contribution >= 4 is 71.7 Å². The maximum Gasteiger partial charge on any atom is 0.338 e. The van der Waals surface area contributed by atoms with E-state index in [1.165, 1.54) is 50.6 Å². The molecule has 12 nitrogen and oxygen atoms in total. The Morgan fingerprint density at radius 2 is 1.37 bits per heavy atom. The maximum absolute atomic E-state index is 12.9. The predicted molar refractivity (Wildman–Crippen MR) is 155 cm³/mol. The lowest BCUT2D eigenvalue weighted by molar-refractivity contribution is -0.119. The number of carbonyl (C=O) groups excluding carboxylic acids is 2. The lowest BCUT2D eigenvalue weighted by Crippen LogP contribution is -2.21. The van der Waals surface area contributed by atoms with Crippen LogP contribution in [0.4, 0.5) is 17.1 Å². The number of thiophene rings is 2. The monoisotopic (exact) mass is 637 g/mol. The van der Waals surface area contributed by atoms with Crippen LogP contribution in [0.5, 0.6) is 11.5 Å². The minimum Gasteiger partial charge on any atom is -0.497 e. The molecule has 4 aromatic rings. The Morgan fingerprint density at radius 1 is 0.780 bits per heavy atom. The SMILES string of the molecule is COc1ccc(OC)c(NC(=O)COC(=O)c2cc(NS(=O)(=O)c3cccs3)cc(NS(=O)(=O)c3cccs3)c2)c1. The molecule has 1 amide bonds. The zero-order valence-corrected chi connectivity index (χ0v) is 24.7. The lowest BCUT2D eigenvalue weighted by Gasteiger charge is -2.14. The van der Waals surface area contributed by atoms with Gasteiger partial charge < -0.3 is 19.5 Å². The summed E-state index contributed by atoms with van der Waals surface area (Å²) in [6, 6.07) is 14.2. The largest absolute Gasteiger partial charge is 0.497 e. The van der Waals surface area contributed by atoms with Crippen LogP contribution in [0.3, 0.4) is 0 Å². The van der Waals surface area contributed by atoms with Crippen molar-refractivity contribution in [2.24, 2.45) is 0 Å². The van der Waals surface area contributed by atoms with Gasteiger partial charge in [0.2, 0.25) is 0 Å². The number of sulfonamides is 2. The van der Waals surface area contributed by atoms with Gasteiger partial charge in [0.25, 0.3) is 26.0 Å². The summed E-state index contributed by atoms with van der Waals surface area (Å²) in [6.45, 7) is -0.708. The molecule has 0 aliphatic carbocycles. The van der Waals surface area contributed by atoms with E-state index >= 15 is 0 Å². The van der Waals surface area contributed by atoms with Gasteiger partial charge in [-0.15, -0.1) is 22.7 Å². The Morgan fingerprint density at radius 3 is 1.85 bits per heavy atom. The van der Waals surface area contributed by atoms with Gasteiger partial charge in [-0.3, -0.25) is 14.2 Å². The van der Waals surface area contributed by atoms with Crippen molar-refractivity contribution in [2.45, 2.75) is 8.42 Å². The summed E-state index contributed by atoms with van der Waals surface area (Å²) in [5.41, 5.74) is -0.153. The average Bonchev–Trinajstić information content (AvgIpc) is 3.67. The molecule has 2 aromatic carbocycles. The van der Waals surface area contributed by atoms with E-state index < -0.39 is 38.5 Å². The van der Waals surface area contributed by atoms with Crippen LogP contribution in [0.15, 0.2) is 79.8 Å². The van der Waals surface area contributed by atoms with Gasteiger partial charge in [-0.05, 0) is 53.2 Å². The van der Waals surface area contributed by atoms with Crippen LogP contribution in [0.1, 0.15) is 10.4 Å². The number of carbonyl (C=O) groups is 2. The molecular weight excluding hydrogens is 615 g/mol. The number of anilines is 3. The minimum atomic E-state index is -4.03. The first-order chi connectivity index (χ1) is 19.5. The number of nitrogens with one attached hydrogen (secondary N) is 3. The second-order valence-electron chi connectivity index (χ2n) is 8.06. The Labute approximate surface area is 244 Å². The van der Waals surface area contributed by atoms with Crippen LogP contribution in [0.2, 0.25) is 0 Å². The molecule has 0 saturated heterocycles. The summed E-state index contributed by atoms with van der Waals surface area (Å²) in [6.07, 6.45) is 0. The fourth-order valence-corrected chi connectivity index (χ4v) is 7.49. The molecule has 4 rings (SSSR count). The van der Waals surface area contributed by atoms with E-state index in [0.29, 0.717) is 11.5 Å². The van der Waals surface area contributed by atoms with Crippen molar-refractivity contribution < 1.29 is 40.6 Å². The molecule has 41 heavy (non-hydrogen) atoms. The molecule has 0 aliphatic rings. The topological polar surface area (TPSA) is 166 Å². The first-order valence-corrected chi connectivity index (χ1v) is 16.2. The van der Waals surface area contributed by atoms with Crippen molar-refractivity contribution in [1.82, 2.24) is 0 Å². The van der Waals surface area contributed by atoms with Gasteiger partial charge in [-0.25, -0.2) is 21.6 Å². The van der Waals surface area contributed by atoms with Gasteiger partial charge in [-0.1, -0.05) is 12.1 Å². The van der Waals surface area contributed by atoms with Gasteiger partial charge in [-0.2, -0.15) is 0 Å². The normalized spacial score (nSPS) is 11.4. The van der Waals surface area contributed by atoms with E-state index in [0.717, 1.165) is 22.7 Å². The van der Waals surface area contributed by atoms with Crippen molar-refractivity contribution in [3.05, 3.63) is 77.0 Å². The molecule has 0 radical (unpaired) electrons. The molecule has 0 spiro atoms. The fraction of sp³-hybridized carbons (Fsp3) is 0.120. The van der Waals surface area contributed by atoms with Crippen molar-refractivity contribution in [2.75, 3.05) is 35.6 Å². The summed E-state index contributed by atoms with van der Waals surface area (Å²) in [4.78, 5) is 25.4. The summed E-state index contributed by atoms with van der Waals surface area (Å²) < 4.78 is 71.3. The molecule has 2 aromatic heterocycles. The number of ether oxygens (including phenoxy) is 3. The van der Waals surface area contributed by atoms with Crippen LogP contribution in [-0.4, -0.2) is 49.5 Å². The van der Waals surface area contributed by atoms with Crippen molar-refractivity contribution in [1.29, 1.82) is 0 Å². The number of esters is 1. The Bertz CT molecular complexity index is 1670. The van der Waals surface area contributed by atoms with E-state index in [1.807, 2.05) is 0 Å². The van der Waals surface area contributed by atoms with E-state index in [4.69, 9.17) is 14.2 Å². The van der Waals surface area contributed by atoms with E-state index in [1.54, 1.807) is 35.0 Å². The highest BCUT2D eigenvalue weighted by atomic mass is 32.3. The molecule has 0 fully saturated rings. The molecule has 3 N–H and O–H groups in total. The molecular formula is C25H23N3O9S4. The first-order valence-electron chi connectivity index (χ1n) is 11.5. The van der Waals surface area contributed by atoms with Crippen molar-refractivity contribution in [3.8, 4) is 11.5 Å². The standard InChI is InChI=1S/C25H23N3O9S4/c1-35-19-7-8-21(36-2)20(14-19)26-22(29)15-37-25(30)16-11-17(27-40(31,32)23-5-3-9-38-23)13-18(12-16)28-41(33,34)24-6-4-10-39-24/h3-14,27-28H,15H2,1-2H3,(H,26,29). The number of rotatable bonds is 12. The third kappa shape index (κ3) is 7.55. The summed E-state index contributed by atoms with van der Waals surface area (Å²) in [5.74, 6) is -0.902. The van der Waals surface area contributed by atoms with Crippen LogP contribution < -0.4 is 24.2 Å². The van der Waals surface area contributed by atoms with Gasteiger partial charge >= 0.3 is 5.97 Å². The summed E-state index contributed by atoms with van der Waals surface area (Å²) in [5, 5.41) is 5.71. The Hall–Kier alpha value is -4.12. The molecule has 0 saturated carbocycles. The van der Waals surface area contributed by atoms with Gasteiger partial charge in [0, 0.05) is 6.07 Å². The highest BCUT2D eigenvalue weighted by Crippen LogP contribution is 2.29. The van der Waals surface area contributed by atoms with Crippen molar-refractivity contribution in [3.63, 3.8) is 0 Å². The molecule has 0 aliphatic heterocycles. The van der Waals surface area contributed by atoms with Gasteiger partial charge in [0.15, 0.2) is 6.61 Å². The lowest BCUT2D eigenvalue weighted by atomic mass is 10.2. The first kappa shape index (κ1) is 29.9. The van der Waals surface area contributed by atoms with Gasteiger partial charge in [0.1, 0.15) is 19.9 Å². The maximum atomic E-state index is 12.9. The number of amides is 1. The second-order valence-corrected chi connectivity index (χ2v) is 13.8. The molecule has 0 unspecified atom stereocenters. The molecule has 0 atom stereocenters. The Kier molecular flexibility index (Phi) is 9.17. The predicted octanol–water partition coefficient (Wildman–Crippen LogP) is 4.22. The van der Waals surface area contributed by atoms with E-state index in [-0.39, 0.29) is 31.0 Å². The zero-order valence-electron chi connectivity index (χ0n) is 21.4. The number of hydrogen-bond donors (Lipinski definition) is 3. The minimum absolute atomic E-state index is 0.0100. The zero-order chi connectivity index (χ0) is 29.6. The van der Waals surface area contributed by atoms with Gasteiger partial charge in [0.05, 0.1) is 36.8 Å². The van der Waals surface area contributed by atoms with E-state index in [2.05, 4.69) is 14.8 Å².